The van der Waals surface area contributed by atoms with Crippen LogP contribution in [-0.4, -0.2) is 20.9 Å². The highest BCUT2D eigenvalue weighted by Gasteiger charge is 2.12. The first-order valence-corrected chi connectivity index (χ1v) is 4.82. The molecule has 4 nitrogen and oxygen atoms in total. The summed E-state index contributed by atoms with van der Waals surface area (Å²) in [5.41, 5.74) is 0.898. The van der Waals surface area contributed by atoms with Crippen molar-refractivity contribution in [1.82, 2.24) is 9.78 Å². The number of aliphatic carboxylic acids is 1. The van der Waals surface area contributed by atoms with Crippen LogP contribution < -0.4 is 0 Å². The van der Waals surface area contributed by atoms with E-state index >= 15 is 0 Å². The number of nitrogens with zero attached hydrogens (tertiary/aromatic N) is 2. The van der Waals surface area contributed by atoms with Gasteiger partial charge in [-0.05, 0) is 6.07 Å². The Hall–Kier alpha value is -1.84. The molecule has 0 saturated heterocycles. The molecular weight excluding hydrogens is 192 g/mol. The molecule has 78 valence electrons. The predicted molar refractivity (Wildman–Crippen MR) is 56.5 cm³/mol. The van der Waals surface area contributed by atoms with Crippen LogP contribution >= 0.6 is 0 Å². The summed E-state index contributed by atoms with van der Waals surface area (Å²) in [4.78, 5) is 10.7. The molecule has 0 spiro atoms. The van der Waals surface area contributed by atoms with E-state index in [1.54, 1.807) is 11.6 Å². The summed E-state index contributed by atoms with van der Waals surface area (Å²) in [5.74, 6) is -1.21. The Labute approximate surface area is 87.1 Å². The molecule has 2 rings (SSSR count). The zero-order valence-corrected chi connectivity index (χ0v) is 8.42. The summed E-state index contributed by atoms with van der Waals surface area (Å²) in [6.07, 6.45) is 1.87. The molecule has 1 aromatic carbocycles. The summed E-state index contributed by atoms with van der Waals surface area (Å²) in [7, 11) is 0. The van der Waals surface area contributed by atoms with Crippen LogP contribution in [0.15, 0.2) is 30.5 Å². The minimum atomic E-state index is -0.797. The largest absolute Gasteiger partial charge is 0.481 e. The highest BCUT2D eigenvalue weighted by Crippen LogP contribution is 2.12. The second-order valence-electron chi connectivity index (χ2n) is 3.65. The molecule has 0 aliphatic rings. The molecule has 0 saturated carbocycles. The van der Waals surface area contributed by atoms with E-state index in [2.05, 4.69) is 5.10 Å². The van der Waals surface area contributed by atoms with Crippen molar-refractivity contribution in [2.24, 2.45) is 5.92 Å². The van der Waals surface area contributed by atoms with Gasteiger partial charge in [-0.2, -0.15) is 5.10 Å². The lowest BCUT2D eigenvalue weighted by Gasteiger charge is -2.04. The van der Waals surface area contributed by atoms with Crippen molar-refractivity contribution in [1.29, 1.82) is 0 Å². The number of hydrogen-bond acceptors (Lipinski definition) is 2. The van der Waals surface area contributed by atoms with E-state index < -0.39 is 11.9 Å². The van der Waals surface area contributed by atoms with E-state index in [9.17, 15) is 4.79 Å². The maximum absolute atomic E-state index is 10.7. The van der Waals surface area contributed by atoms with E-state index in [-0.39, 0.29) is 0 Å². The monoisotopic (exact) mass is 204 g/mol. The number of benzene rings is 1. The predicted octanol–water partition coefficient (Wildman–Crippen LogP) is 1.76. The van der Waals surface area contributed by atoms with Crippen LogP contribution in [0.2, 0.25) is 0 Å². The fraction of sp³-hybridized carbons (Fsp3) is 0.273. The topological polar surface area (TPSA) is 55.1 Å². The fourth-order valence-electron chi connectivity index (χ4n) is 1.47. The smallest absolute Gasteiger partial charge is 0.308 e. The normalized spacial score (nSPS) is 12.9. The maximum Gasteiger partial charge on any atom is 0.308 e. The third-order valence-corrected chi connectivity index (χ3v) is 2.34. The second-order valence-corrected chi connectivity index (χ2v) is 3.65. The number of aromatic nitrogens is 2. The molecule has 0 aliphatic carbocycles. The quantitative estimate of drug-likeness (QED) is 0.828. The SMILES string of the molecule is CC(Cn1cc2ccccc2n1)C(=O)O. The molecular formula is C11H12N2O2. The van der Waals surface area contributed by atoms with E-state index in [4.69, 9.17) is 5.11 Å². The van der Waals surface area contributed by atoms with Gasteiger partial charge in [-0.25, -0.2) is 0 Å². The van der Waals surface area contributed by atoms with Gasteiger partial charge in [0.15, 0.2) is 0 Å². The highest BCUT2D eigenvalue weighted by atomic mass is 16.4. The zero-order valence-electron chi connectivity index (χ0n) is 8.42. The number of rotatable bonds is 3. The van der Waals surface area contributed by atoms with Gasteiger partial charge in [0.1, 0.15) is 0 Å². The van der Waals surface area contributed by atoms with Crippen molar-refractivity contribution in [3.05, 3.63) is 30.5 Å². The zero-order chi connectivity index (χ0) is 10.8. The third-order valence-electron chi connectivity index (χ3n) is 2.34. The molecule has 0 aliphatic heterocycles. The van der Waals surface area contributed by atoms with Gasteiger partial charge in [-0.15, -0.1) is 0 Å². The van der Waals surface area contributed by atoms with Gasteiger partial charge in [-0.1, -0.05) is 25.1 Å². The van der Waals surface area contributed by atoms with Gasteiger partial charge in [0.05, 0.1) is 18.0 Å². The van der Waals surface area contributed by atoms with Gasteiger partial charge < -0.3 is 5.11 Å². The van der Waals surface area contributed by atoms with Crippen LogP contribution in [0.3, 0.4) is 0 Å². The lowest BCUT2D eigenvalue weighted by Crippen LogP contribution is -2.16. The molecule has 0 amide bonds. The van der Waals surface area contributed by atoms with Crippen molar-refractivity contribution in [2.75, 3.05) is 0 Å². The van der Waals surface area contributed by atoms with E-state index in [1.807, 2.05) is 30.5 Å². The Balaban J connectivity index is 2.26. The lowest BCUT2D eigenvalue weighted by molar-refractivity contribution is -0.141. The van der Waals surface area contributed by atoms with E-state index in [0.29, 0.717) is 6.54 Å². The fourth-order valence-corrected chi connectivity index (χ4v) is 1.47. The summed E-state index contributed by atoms with van der Waals surface area (Å²) in [6, 6.07) is 7.73. The summed E-state index contributed by atoms with van der Waals surface area (Å²) >= 11 is 0. The summed E-state index contributed by atoms with van der Waals surface area (Å²) < 4.78 is 1.68. The molecule has 1 unspecified atom stereocenters. The molecule has 2 aromatic rings. The summed E-state index contributed by atoms with van der Waals surface area (Å²) in [5, 5.41) is 14.1. The average Bonchev–Trinajstić information content (AvgIpc) is 2.59. The first-order chi connectivity index (χ1) is 7.16. The first kappa shape index (κ1) is 9.71. The molecule has 1 aromatic heterocycles. The molecule has 15 heavy (non-hydrogen) atoms. The van der Waals surface area contributed by atoms with Gasteiger partial charge in [0, 0.05) is 11.6 Å². The van der Waals surface area contributed by atoms with E-state index in [0.717, 1.165) is 10.9 Å². The number of carboxylic acids is 1. The standard InChI is InChI=1S/C11H12N2O2/c1-8(11(14)15)6-13-7-9-4-2-3-5-10(9)12-13/h2-5,7-8H,6H2,1H3,(H,14,15). The number of hydrogen-bond donors (Lipinski definition) is 1. The van der Waals surface area contributed by atoms with Crippen LogP contribution in [0.5, 0.6) is 0 Å². The Bertz CT molecular complexity index is 457. The summed E-state index contributed by atoms with van der Waals surface area (Å²) in [6.45, 7) is 2.08. The van der Waals surface area contributed by atoms with Crippen molar-refractivity contribution in [3.63, 3.8) is 0 Å². The molecule has 0 bridgehead atoms. The molecule has 0 fully saturated rings. The number of carboxylic acid groups (broad SMARTS) is 1. The van der Waals surface area contributed by atoms with Gasteiger partial charge in [-0.3, -0.25) is 9.48 Å². The van der Waals surface area contributed by atoms with Crippen LogP contribution in [0.25, 0.3) is 10.9 Å². The Morgan fingerprint density at radius 1 is 1.53 bits per heavy atom. The molecule has 1 N–H and O–H groups in total. The van der Waals surface area contributed by atoms with Crippen LogP contribution in [0.1, 0.15) is 6.92 Å². The van der Waals surface area contributed by atoms with Crippen molar-refractivity contribution < 1.29 is 9.90 Å². The third kappa shape index (κ3) is 1.98. The maximum atomic E-state index is 10.7. The number of fused-ring (bicyclic) bond motifs is 1. The first-order valence-electron chi connectivity index (χ1n) is 4.82. The van der Waals surface area contributed by atoms with Crippen molar-refractivity contribution in [2.45, 2.75) is 13.5 Å². The highest BCUT2D eigenvalue weighted by molar-refractivity contribution is 5.77. The van der Waals surface area contributed by atoms with Gasteiger partial charge in [0.2, 0.25) is 0 Å². The molecule has 4 heteroatoms. The van der Waals surface area contributed by atoms with Crippen LogP contribution in [-0.2, 0) is 11.3 Å². The Morgan fingerprint density at radius 3 is 2.93 bits per heavy atom. The molecule has 0 radical (unpaired) electrons. The lowest BCUT2D eigenvalue weighted by atomic mass is 10.2. The minimum absolute atomic E-state index is 0.407. The van der Waals surface area contributed by atoms with Gasteiger partial charge >= 0.3 is 5.97 Å². The van der Waals surface area contributed by atoms with Crippen LogP contribution in [0, 0.1) is 5.92 Å². The van der Waals surface area contributed by atoms with Crippen LogP contribution in [0.4, 0.5) is 0 Å². The minimum Gasteiger partial charge on any atom is -0.481 e. The Kier molecular flexibility index (Phi) is 2.41. The van der Waals surface area contributed by atoms with Crippen molar-refractivity contribution >= 4 is 16.9 Å². The Morgan fingerprint density at radius 2 is 2.27 bits per heavy atom. The van der Waals surface area contributed by atoms with E-state index in [1.165, 1.54) is 0 Å². The van der Waals surface area contributed by atoms with Crippen molar-refractivity contribution in [3.8, 4) is 0 Å². The number of carbonyl (C=O) groups is 1. The van der Waals surface area contributed by atoms with Gasteiger partial charge in [0.25, 0.3) is 0 Å². The molecule has 1 atom stereocenters. The average molecular weight is 204 g/mol. The molecule has 1 heterocycles. The second kappa shape index (κ2) is 3.73.